The largest absolute Gasteiger partial charge is 0.472 e. The van der Waals surface area contributed by atoms with Gasteiger partial charge in [-0.1, -0.05) is 174 Å². The van der Waals surface area contributed by atoms with Gasteiger partial charge in [-0.3, -0.25) is 13.8 Å². The van der Waals surface area contributed by atoms with Gasteiger partial charge in [0.15, 0.2) is 0 Å². The molecule has 0 saturated carbocycles. The van der Waals surface area contributed by atoms with Gasteiger partial charge in [0.1, 0.15) is 0 Å². The van der Waals surface area contributed by atoms with Gasteiger partial charge in [0.2, 0.25) is 5.91 Å². The molecule has 0 fully saturated rings. The summed E-state index contributed by atoms with van der Waals surface area (Å²) >= 11 is 0. The maximum absolute atomic E-state index is 12.7. The molecule has 0 rings (SSSR count). The van der Waals surface area contributed by atoms with Crippen LogP contribution in [0.25, 0.3) is 0 Å². The van der Waals surface area contributed by atoms with Gasteiger partial charge in [-0.05, 0) is 19.3 Å². The molecule has 0 aliphatic carbocycles. The number of aliphatic hydroxyl groups excluding tert-OH is 2. The molecule has 4 atom stereocenters. The Morgan fingerprint density at radius 1 is 0.708 bits per heavy atom. The molecule has 0 aromatic heterocycles. The van der Waals surface area contributed by atoms with E-state index in [1.165, 1.54) is 122 Å². The second-order valence-electron chi connectivity index (χ2n) is 13.7. The third-order valence-corrected chi connectivity index (χ3v) is 9.90. The standard InChI is InChI=1S/C38H77N2O7P/c1-3-5-7-9-11-13-14-15-16-17-18-19-20-21-22-24-26-28-30-37(42)36(34-47-48(44,45)46-32-31-39)40-38(43)33-35(41)29-27-25-23-12-10-8-6-4-2/h28,30,35-37,41-42H,3-27,29,31-34,39H2,1-2H3,(H,40,43)(H,44,45)/b30-28+. The fourth-order valence-corrected chi connectivity index (χ4v) is 6.64. The minimum Gasteiger partial charge on any atom is -0.393 e. The summed E-state index contributed by atoms with van der Waals surface area (Å²) in [5.41, 5.74) is 5.34. The van der Waals surface area contributed by atoms with Gasteiger partial charge in [-0.2, -0.15) is 0 Å². The van der Waals surface area contributed by atoms with Crippen LogP contribution in [-0.2, 0) is 18.4 Å². The van der Waals surface area contributed by atoms with E-state index in [1.807, 2.05) is 6.08 Å². The van der Waals surface area contributed by atoms with E-state index >= 15 is 0 Å². The fourth-order valence-electron chi connectivity index (χ4n) is 5.88. The van der Waals surface area contributed by atoms with Crippen LogP contribution >= 0.6 is 7.82 Å². The highest BCUT2D eigenvalue weighted by Gasteiger charge is 2.27. The van der Waals surface area contributed by atoms with Crippen LogP contribution in [0.3, 0.4) is 0 Å². The number of nitrogens with one attached hydrogen (secondary N) is 1. The van der Waals surface area contributed by atoms with Crippen molar-refractivity contribution in [2.24, 2.45) is 5.73 Å². The lowest BCUT2D eigenvalue weighted by atomic mass is 10.0. The molecule has 0 radical (unpaired) electrons. The Balaban J connectivity index is 4.34. The van der Waals surface area contributed by atoms with E-state index < -0.39 is 38.6 Å². The Morgan fingerprint density at radius 3 is 1.60 bits per heavy atom. The first-order valence-corrected chi connectivity index (χ1v) is 21.4. The van der Waals surface area contributed by atoms with Crippen molar-refractivity contribution in [2.75, 3.05) is 19.8 Å². The van der Waals surface area contributed by atoms with Crippen LogP contribution in [0.4, 0.5) is 0 Å². The molecule has 0 spiro atoms. The Labute approximate surface area is 295 Å². The maximum Gasteiger partial charge on any atom is 0.472 e. The second kappa shape index (κ2) is 34.6. The molecule has 6 N–H and O–H groups in total. The van der Waals surface area contributed by atoms with Crippen molar-refractivity contribution >= 4 is 13.7 Å². The van der Waals surface area contributed by atoms with Crippen LogP contribution in [0.1, 0.15) is 187 Å². The number of unbranched alkanes of at least 4 members (excludes halogenated alkanes) is 23. The number of rotatable bonds is 37. The molecule has 0 aliphatic heterocycles. The summed E-state index contributed by atoms with van der Waals surface area (Å²) in [4.78, 5) is 22.6. The van der Waals surface area contributed by atoms with Crippen molar-refractivity contribution < 1.29 is 33.5 Å². The van der Waals surface area contributed by atoms with Gasteiger partial charge >= 0.3 is 7.82 Å². The number of hydrogen-bond acceptors (Lipinski definition) is 7. The van der Waals surface area contributed by atoms with E-state index in [4.69, 9.17) is 14.8 Å². The highest BCUT2D eigenvalue weighted by atomic mass is 31.2. The van der Waals surface area contributed by atoms with E-state index in [2.05, 4.69) is 19.2 Å². The van der Waals surface area contributed by atoms with Crippen molar-refractivity contribution in [3.8, 4) is 0 Å². The second-order valence-corrected chi connectivity index (χ2v) is 15.1. The lowest BCUT2D eigenvalue weighted by molar-refractivity contribution is -0.124. The van der Waals surface area contributed by atoms with Crippen molar-refractivity contribution in [3.05, 3.63) is 12.2 Å². The average Bonchev–Trinajstić information content (AvgIpc) is 3.06. The summed E-state index contributed by atoms with van der Waals surface area (Å²) in [5.74, 6) is -0.448. The zero-order chi connectivity index (χ0) is 35.6. The minimum atomic E-state index is -4.39. The van der Waals surface area contributed by atoms with Gasteiger partial charge < -0.3 is 26.2 Å². The number of carbonyl (C=O) groups excluding carboxylic acids is 1. The molecular weight excluding hydrogens is 627 g/mol. The molecule has 0 aromatic carbocycles. The van der Waals surface area contributed by atoms with Crippen LogP contribution in [0.15, 0.2) is 12.2 Å². The fraction of sp³-hybridized carbons (Fsp3) is 0.921. The van der Waals surface area contributed by atoms with Crippen LogP contribution in [-0.4, -0.2) is 59.0 Å². The smallest absolute Gasteiger partial charge is 0.393 e. The van der Waals surface area contributed by atoms with Crippen molar-refractivity contribution in [3.63, 3.8) is 0 Å². The number of amides is 1. The first-order chi connectivity index (χ1) is 23.3. The third kappa shape index (κ3) is 32.4. The van der Waals surface area contributed by atoms with Gasteiger partial charge in [0.05, 0.1) is 37.9 Å². The zero-order valence-corrected chi connectivity index (χ0v) is 32.0. The first kappa shape index (κ1) is 47.2. The molecule has 0 bridgehead atoms. The van der Waals surface area contributed by atoms with Crippen LogP contribution in [0.5, 0.6) is 0 Å². The number of aliphatic hydroxyl groups is 2. The summed E-state index contributed by atoms with van der Waals surface area (Å²) in [6.07, 6.45) is 33.1. The zero-order valence-electron chi connectivity index (χ0n) is 31.1. The van der Waals surface area contributed by atoms with Crippen molar-refractivity contribution in [1.29, 1.82) is 0 Å². The molecule has 0 saturated heterocycles. The monoisotopic (exact) mass is 705 g/mol. The van der Waals surface area contributed by atoms with Gasteiger partial charge in [-0.25, -0.2) is 4.57 Å². The van der Waals surface area contributed by atoms with Crippen LogP contribution in [0.2, 0.25) is 0 Å². The average molecular weight is 705 g/mol. The summed E-state index contributed by atoms with van der Waals surface area (Å²) < 4.78 is 22.0. The molecule has 0 aromatic rings. The molecule has 0 heterocycles. The number of phosphoric ester groups is 1. The molecule has 9 nitrogen and oxygen atoms in total. The number of allylic oxidation sites excluding steroid dienone is 1. The van der Waals surface area contributed by atoms with Crippen molar-refractivity contribution in [1.82, 2.24) is 5.32 Å². The summed E-state index contributed by atoms with van der Waals surface area (Å²) in [5, 5.41) is 23.9. The molecule has 1 amide bonds. The normalized spacial score (nSPS) is 15.0. The lowest BCUT2D eigenvalue weighted by Crippen LogP contribution is -2.46. The Kier molecular flexibility index (Phi) is 34.1. The Morgan fingerprint density at radius 2 is 1.15 bits per heavy atom. The SMILES string of the molecule is CCCCCCCCCCCCCCCCCC/C=C/C(O)C(COP(=O)(O)OCCN)NC(=O)CC(O)CCCCCCCCCC. The van der Waals surface area contributed by atoms with E-state index in [9.17, 15) is 24.5 Å². The summed E-state index contributed by atoms with van der Waals surface area (Å²) in [6.45, 7) is 3.94. The number of carbonyl (C=O) groups is 1. The Bertz CT molecular complexity index is 786. The molecular formula is C38H77N2O7P. The van der Waals surface area contributed by atoms with Gasteiger partial charge in [0.25, 0.3) is 0 Å². The predicted octanol–water partition coefficient (Wildman–Crippen LogP) is 9.41. The summed E-state index contributed by atoms with van der Waals surface area (Å²) in [6, 6.07) is -0.975. The van der Waals surface area contributed by atoms with E-state index in [-0.39, 0.29) is 19.6 Å². The predicted molar refractivity (Wildman–Crippen MR) is 200 cm³/mol. The van der Waals surface area contributed by atoms with Gasteiger partial charge in [0, 0.05) is 6.54 Å². The molecule has 4 unspecified atom stereocenters. The molecule has 10 heteroatoms. The topological polar surface area (TPSA) is 151 Å². The number of hydrogen-bond donors (Lipinski definition) is 5. The maximum atomic E-state index is 12.7. The van der Waals surface area contributed by atoms with E-state index in [0.717, 1.165) is 38.5 Å². The third-order valence-electron chi connectivity index (χ3n) is 8.92. The van der Waals surface area contributed by atoms with E-state index in [1.54, 1.807) is 6.08 Å². The molecule has 0 aliphatic rings. The quantitative estimate of drug-likeness (QED) is 0.0244. The van der Waals surface area contributed by atoms with Gasteiger partial charge in [-0.15, -0.1) is 0 Å². The molecule has 48 heavy (non-hydrogen) atoms. The summed E-state index contributed by atoms with van der Waals surface area (Å²) in [7, 11) is -4.39. The highest BCUT2D eigenvalue weighted by Crippen LogP contribution is 2.43. The van der Waals surface area contributed by atoms with Crippen molar-refractivity contribution in [2.45, 2.75) is 205 Å². The number of nitrogens with two attached hydrogens (primary N) is 1. The van der Waals surface area contributed by atoms with E-state index in [0.29, 0.717) is 6.42 Å². The first-order valence-electron chi connectivity index (χ1n) is 19.9. The van der Waals surface area contributed by atoms with Crippen LogP contribution < -0.4 is 11.1 Å². The molecule has 286 valence electrons. The van der Waals surface area contributed by atoms with Crippen LogP contribution in [0, 0.1) is 0 Å². The number of phosphoric acid groups is 1. The lowest BCUT2D eigenvalue weighted by Gasteiger charge is -2.24. The highest BCUT2D eigenvalue weighted by molar-refractivity contribution is 7.47. The minimum absolute atomic E-state index is 0.0511. The Hall–Kier alpha value is -0.800.